The van der Waals surface area contributed by atoms with Gasteiger partial charge in [-0.25, -0.2) is 0 Å². The molecule has 0 aliphatic carbocycles. The summed E-state index contributed by atoms with van der Waals surface area (Å²) in [4.78, 5) is 71.6. The monoisotopic (exact) mass is 2080 g/mol. The summed E-state index contributed by atoms with van der Waals surface area (Å²) in [6, 6.07) is 0. The largest absolute Gasteiger partial charge is 4.00 e. The van der Waals surface area contributed by atoms with Crippen LogP contribution in [-0.2, 0) is 59.8 Å². The summed E-state index contributed by atoms with van der Waals surface area (Å²) in [5, 5.41) is 71.6. The second-order valence-corrected chi connectivity index (χ2v) is 42.5. The average Bonchev–Trinajstić information content (AvgIpc) is 1.11. The van der Waals surface area contributed by atoms with E-state index in [0.717, 1.165) is 89.9 Å². The molecule has 0 spiro atoms. The zero-order chi connectivity index (χ0) is 104. The fraction of sp³-hybridized carbons (Fsp3) is 0.944. The summed E-state index contributed by atoms with van der Waals surface area (Å²) >= 11 is 0. The molecule has 0 aromatic carbocycles. The molecule has 0 amide bonds. The third-order valence-corrected chi connectivity index (χ3v) is 27.9. The van der Waals surface area contributed by atoms with Crippen LogP contribution in [0.15, 0.2) is 0 Å². The first kappa shape index (κ1) is 157. The number of hydrogen-bond acceptors (Lipinski definition) is 14. The smallest absolute Gasteiger partial charge is 0.550 e. The molecule has 0 aliphatic heterocycles. The normalized spacial score (nSPS) is 10.7. The number of rotatable bonds is 112. The fourth-order valence-electron chi connectivity index (χ4n) is 18.5. The van der Waals surface area contributed by atoms with Crippen LogP contribution in [-0.4, -0.2) is 50.2 Å². The first-order chi connectivity index (χ1) is 68.4. The molecule has 0 bridgehead atoms. The SMILES string of the molecule is CCCCCCCCCCCCCCCCCC(=O)[O-].CCCCCCCCCCCCCCCCCC(=O)[O-].CCCCCCCCCCCCCCCCCC(=O)[O-].CCCCCCCCCCCCCCCCCC(=O)[O-].CCCCCCCCCCCCCCCCCC(=O)[O-].CCCCCCCCCCCCCCCCCC(=O)[O-].CCCCCCCCCCCCCCCCCC(=O)[O-].[B+3].[Zr+4]. The Balaban J connectivity index is -0.000000207. The van der Waals surface area contributed by atoms with Gasteiger partial charge in [-0.3, -0.25) is 0 Å². The van der Waals surface area contributed by atoms with Crippen LogP contribution in [0.3, 0.4) is 0 Å². The first-order valence-corrected chi connectivity index (χ1v) is 62.8. The number of carbonyl (C=O) groups is 7. The van der Waals surface area contributed by atoms with Crippen molar-refractivity contribution >= 4 is 50.2 Å². The molecule has 0 fully saturated rings. The van der Waals surface area contributed by atoms with E-state index in [-0.39, 0.29) is 79.6 Å². The number of carbonyl (C=O) groups excluding carboxylic acids is 7. The van der Waals surface area contributed by atoms with Crippen molar-refractivity contribution in [2.75, 3.05) is 0 Å². The van der Waals surface area contributed by atoms with E-state index in [9.17, 15) is 69.3 Å². The van der Waals surface area contributed by atoms with Gasteiger partial charge in [-0.15, -0.1) is 0 Å². The van der Waals surface area contributed by atoms with Crippen LogP contribution in [0.1, 0.15) is 768 Å². The Morgan fingerprint density at radius 1 is 0.0986 bits per heavy atom. The summed E-state index contributed by atoms with van der Waals surface area (Å²) in [6.45, 7) is 15.9. The molecule has 0 aliphatic rings. The summed E-state index contributed by atoms with van der Waals surface area (Å²) in [5.74, 6) is -6.32. The van der Waals surface area contributed by atoms with Crippen molar-refractivity contribution in [3.05, 3.63) is 0 Å². The van der Waals surface area contributed by atoms with E-state index in [1.807, 2.05) is 0 Å². The molecule has 0 N–H and O–H groups in total. The molecule has 0 unspecified atom stereocenters. The van der Waals surface area contributed by atoms with Gasteiger partial charge in [0.1, 0.15) is 0 Å². The Morgan fingerprint density at radius 3 is 0.183 bits per heavy atom. The molecule has 0 saturated heterocycles. The summed E-state index contributed by atoms with van der Waals surface area (Å²) in [6.07, 6.45) is 139. The predicted molar refractivity (Wildman–Crippen MR) is 598 cm³/mol. The number of aliphatic carboxylic acids is 7. The van der Waals surface area contributed by atoms with Gasteiger partial charge in [0, 0.05) is 41.8 Å². The van der Waals surface area contributed by atoms with E-state index in [1.165, 1.54) is 584 Å². The zero-order valence-corrected chi connectivity index (χ0v) is 98.9. The molecular formula is C126H245BO14Zr. The molecule has 0 aromatic rings. The van der Waals surface area contributed by atoms with Gasteiger partial charge in [0.15, 0.2) is 0 Å². The molecule has 14 nitrogen and oxygen atoms in total. The fourth-order valence-corrected chi connectivity index (χ4v) is 18.5. The third kappa shape index (κ3) is 189. The number of hydrogen-bond donors (Lipinski definition) is 0. The minimum atomic E-state index is -0.903. The number of carboxylic acid groups (broad SMARTS) is 7. The Kier molecular flexibility index (Phi) is 170. The summed E-state index contributed by atoms with van der Waals surface area (Å²) in [5.41, 5.74) is 0. The van der Waals surface area contributed by atoms with Gasteiger partial charge < -0.3 is 69.3 Å². The van der Waals surface area contributed by atoms with Crippen molar-refractivity contribution in [2.45, 2.75) is 768 Å². The second kappa shape index (κ2) is 153. The maximum atomic E-state index is 10.2. The summed E-state index contributed by atoms with van der Waals surface area (Å²) < 4.78 is 0. The molecule has 840 valence electrons. The number of carboxylic acids is 7. The van der Waals surface area contributed by atoms with Crippen molar-refractivity contribution in [2.24, 2.45) is 0 Å². The van der Waals surface area contributed by atoms with Crippen LogP contribution in [0.2, 0.25) is 0 Å². The Bertz CT molecular complexity index is 1860. The molecule has 0 saturated carbocycles. The topological polar surface area (TPSA) is 281 Å². The minimum absolute atomic E-state index is 0. The summed E-state index contributed by atoms with van der Waals surface area (Å²) in [7, 11) is 0. The van der Waals surface area contributed by atoms with Gasteiger partial charge in [0.2, 0.25) is 0 Å². The van der Waals surface area contributed by atoms with Gasteiger partial charge >= 0.3 is 34.6 Å². The molecular weight excluding hydrogens is 1840 g/mol. The standard InChI is InChI=1S/7C18H36O2.B.Zr/c7*1-2-3-4-5-6-7-8-9-10-11-12-13-14-15-16-17-18(19)20;;/h7*2-17H2,1H3,(H,19,20);;/q;;;;;;;+3;+4/p-7. The molecule has 16 heteroatoms. The maximum absolute atomic E-state index is 10.2. The van der Waals surface area contributed by atoms with Gasteiger partial charge in [-0.2, -0.15) is 0 Å². The Labute approximate surface area is 907 Å². The van der Waals surface area contributed by atoms with Crippen LogP contribution in [0.25, 0.3) is 0 Å². The predicted octanol–water partition coefficient (Wildman–Crippen LogP) is 34.6. The Morgan fingerprint density at radius 2 is 0.141 bits per heavy atom. The first-order valence-electron chi connectivity index (χ1n) is 62.8. The minimum Gasteiger partial charge on any atom is -0.550 e. The second-order valence-electron chi connectivity index (χ2n) is 42.5. The van der Waals surface area contributed by atoms with Gasteiger partial charge in [-0.1, -0.05) is 678 Å². The molecule has 0 aromatic heterocycles. The third-order valence-electron chi connectivity index (χ3n) is 27.9. The van der Waals surface area contributed by atoms with Crippen molar-refractivity contribution in [1.29, 1.82) is 0 Å². The molecule has 0 rings (SSSR count). The molecule has 0 atom stereocenters. The van der Waals surface area contributed by atoms with Crippen LogP contribution in [0.5, 0.6) is 0 Å². The van der Waals surface area contributed by atoms with Crippen LogP contribution in [0, 0.1) is 0 Å². The van der Waals surface area contributed by atoms with Crippen LogP contribution < -0.4 is 35.7 Å². The van der Waals surface area contributed by atoms with Crippen LogP contribution in [0.4, 0.5) is 0 Å². The van der Waals surface area contributed by atoms with Crippen molar-refractivity contribution in [3.8, 4) is 0 Å². The van der Waals surface area contributed by atoms with Gasteiger partial charge in [0.05, 0.1) is 0 Å². The number of unbranched alkanes of at least 4 members (excludes halogenated alkanes) is 98. The van der Waals surface area contributed by atoms with Crippen molar-refractivity contribution in [1.82, 2.24) is 0 Å². The quantitative estimate of drug-likeness (QED) is 0.0404. The Hall–Kier alpha value is -2.76. The zero-order valence-electron chi connectivity index (χ0n) is 96.5. The molecule has 0 heterocycles. The molecule has 0 radical (unpaired) electrons. The van der Waals surface area contributed by atoms with Crippen molar-refractivity contribution in [3.63, 3.8) is 0 Å². The van der Waals surface area contributed by atoms with Gasteiger partial charge in [-0.05, 0) is 89.9 Å². The van der Waals surface area contributed by atoms with E-state index in [4.69, 9.17) is 0 Å². The van der Waals surface area contributed by atoms with Crippen LogP contribution >= 0.6 is 0 Å². The van der Waals surface area contributed by atoms with Crippen molar-refractivity contribution < 1.29 is 95.5 Å². The van der Waals surface area contributed by atoms with Gasteiger partial charge in [0.25, 0.3) is 0 Å². The van der Waals surface area contributed by atoms with E-state index in [2.05, 4.69) is 48.5 Å². The average molecular weight is 2090 g/mol. The van der Waals surface area contributed by atoms with E-state index in [1.54, 1.807) is 0 Å². The van der Waals surface area contributed by atoms with E-state index >= 15 is 0 Å². The maximum Gasteiger partial charge on any atom is 4.00 e. The molecule has 142 heavy (non-hydrogen) atoms. The van der Waals surface area contributed by atoms with E-state index < -0.39 is 41.8 Å². The van der Waals surface area contributed by atoms with E-state index in [0.29, 0.717) is 0 Å².